The van der Waals surface area contributed by atoms with Crippen molar-refractivity contribution in [2.75, 3.05) is 0 Å². The lowest BCUT2D eigenvalue weighted by Crippen LogP contribution is -2.00. The molecule has 3 rings (SSSR count). The molecule has 1 atom stereocenters. The normalized spacial score (nSPS) is 10.8. The smallest absolute Gasteiger partial charge is 0.156 e. The van der Waals surface area contributed by atoms with E-state index in [4.69, 9.17) is 0 Å². The topological polar surface area (TPSA) is 37.3 Å². The number of rotatable bonds is 3. The minimum Gasteiger partial charge on any atom is -0.156 e. The number of fused-ring (bicyclic) bond motifs is 1. The fourth-order valence-electron chi connectivity index (χ4n) is 2.33. The van der Waals surface area contributed by atoms with Crippen molar-refractivity contribution < 1.29 is 9.46 Å². The molecule has 23 heavy (non-hydrogen) atoms. The van der Waals surface area contributed by atoms with E-state index >= 15 is 0 Å². The van der Waals surface area contributed by atoms with Crippen molar-refractivity contribution >= 4 is 24.1 Å². The Morgan fingerprint density at radius 1 is 0.783 bits per heavy atom. The maximum Gasteiger partial charge on any atom is 0.546 e. The Morgan fingerprint density at radius 2 is 1.35 bits per heavy atom. The number of hydrogen-bond donors (Lipinski definition) is 1. The second kappa shape index (κ2) is 8.57. The molecule has 0 radical (unpaired) electrons. The lowest BCUT2D eigenvalue weighted by molar-refractivity contribution is 0.513. The highest BCUT2D eigenvalue weighted by Gasteiger charge is 2.22. The Bertz CT molecular complexity index is 789. The molecule has 0 fully saturated rings. The Balaban J connectivity index is 0.000000433. The summed E-state index contributed by atoms with van der Waals surface area (Å²) in [5.41, 5.74) is 1.81. The molecule has 3 aromatic rings. The van der Waals surface area contributed by atoms with Gasteiger partial charge in [0.05, 0.1) is 0 Å². The molecule has 0 bridgehead atoms. The van der Waals surface area contributed by atoms with Crippen LogP contribution in [0.15, 0.2) is 66.7 Å². The van der Waals surface area contributed by atoms with E-state index in [1.165, 1.54) is 12.8 Å². The van der Waals surface area contributed by atoms with Gasteiger partial charge in [0.2, 0.25) is 5.30 Å². The zero-order valence-corrected chi connectivity index (χ0v) is 14.5. The van der Waals surface area contributed by atoms with Crippen LogP contribution in [-0.4, -0.2) is 4.89 Å². The highest BCUT2D eigenvalue weighted by Crippen LogP contribution is 2.30. The van der Waals surface area contributed by atoms with Crippen LogP contribution in [0.4, 0.5) is 0 Å². The van der Waals surface area contributed by atoms with Crippen LogP contribution in [0.3, 0.4) is 0 Å². The van der Waals surface area contributed by atoms with Crippen LogP contribution in [-0.2, 0) is 4.57 Å². The monoisotopic (exact) mass is 325 g/mol. The van der Waals surface area contributed by atoms with Gasteiger partial charge < -0.3 is 0 Å². The Morgan fingerprint density at radius 3 is 2.04 bits per heavy atom. The van der Waals surface area contributed by atoms with Gasteiger partial charge in [-0.25, -0.2) is 0 Å². The Labute approximate surface area is 138 Å². The van der Waals surface area contributed by atoms with Gasteiger partial charge in [-0.05, 0) is 33.0 Å². The van der Waals surface area contributed by atoms with Gasteiger partial charge in [-0.2, -0.15) is 4.89 Å². The average molecular weight is 325 g/mol. The van der Waals surface area contributed by atoms with E-state index in [9.17, 15) is 9.46 Å². The highest BCUT2D eigenvalue weighted by atomic mass is 31.1. The molecule has 0 spiro atoms. The van der Waals surface area contributed by atoms with E-state index in [0.29, 0.717) is 5.30 Å². The van der Waals surface area contributed by atoms with Crippen molar-refractivity contribution in [1.82, 2.24) is 0 Å². The second-order valence-electron chi connectivity index (χ2n) is 5.32. The van der Waals surface area contributed by atoms with Crippen LogP contribution in [0.5, 0.6) is 0 Å². The SMILES string of the molecule is CCCC.O=[P+](O)c1ccccc1-c1cccc2ccccc12. The molecular weight excluding hydrogens is 303 g/mol. The average Bonchev–Trinajstić information content (AvgIpc) is 2.61. The van der Waals surface area contributed by atoms with Crippen molar-refractivity contribution in [2.45, 2.75) is 26.7 Å². The van der Waals surface area contributed by atoms with Crippen molar-refractivity contribution in [3.05, 3.63) is 66.7 Å². The summed E-state index contributed by atoms with van der Waals surface area (Å²) in [5.74, 6) is 0. The first-order chi connectivity index (χ1) is 11.2. The van der Waals surface area contributed by atoms with E-state index in [2.05, 4.69) is 13.8 Å². The third-order valence-corrected chi connectivity index (χ3v) is 4.49. The summed E-state index contributed by atoms with van der Waals surface area (Å²) in [6, 6.07) is 21.3. The molecule has 0 saturated carbocycles. The summed E-state index contributed by atoms with van der Waals surface area (Å²) < 4.78 is 11.5. The summed E-state index contributed by atoms with van der Waals surface area (Å²) in [4.78, 5) is 9.45. The molecule has 2 nitrogen and oxygen atoms in total. The molecule has 3 aromatic carbocycles. The Hall–Kier alpha value is -2.02. The first-order valence-electron chi connectivity index (χ1n) is 7.92. The quantitative estimate of drug-likeness (QED) is 0.630. The molecule has 0 heterocycles. The third kappa shape index (κ3) is 4.25. The van der Waals surface area contributed by atoms with Crippen molar-refractivity contribution in [1.29, 1.82) is 0 Å². The lowest BCUT2D eigenvalue weighted by Gasteiger charge is -2.06. The second-order valence-corrected chi connectivity index (χ2v) is 6.34. The lowest BCUT2D eigenvalue weighted by atomic mass is 9.98. The predicted molar refractivity (Wildman–Crippen MR) is 99.4 cm³/mol. The molecule has 0 aromatic heterocycles. The molecule has 0 amide bonds. The van der Waals surface area contributed by atoms with E-state index in [1.54, 1.807) is 12.1 Å². The molecule has 3 heteroatoms. The summed E-state index contributed by atoms with van der Waals surface area (Å²) in [5, 5.41) is 2.70. The van der Waals surface area contributed by atoms with Crippen molar-refractivity contribution in [3.8, 4) is 11.1 Å². The molecule has 0 aliphatic heterocycles. The molecule has 0 aliphatic carbocycles. The van der Waals surface area contributed by atoms with E-state index in [0.717, 1.165) is 21.9 Å². The van der Waals surface area contributed by atoms with Crippen molar-refractivity contribution in [3.63, 3.8) is 0 Å². The summed E-state index contributed by atoms with van der Waals surface area (Å²) in [6.07, 6.45) is 2.64. The van der Waals surface area contributed by atoms with Crippen LogP contribution < -0.4 is 5.30 Å². The minimum atomic E-state index is -2.35. The number of hydrogen-bond acceptors (Lipinski definition) is 1. The van der Waals surface area contributed by atoms with Crippen molar-refractivity contribution in [2.24, 2.45) is 0 Å². The van der Waals surface area contributed by atoms with Gasteiger partial charge in [0.1, 0.15) is 0 Å². The molecule has 0 saturated heterocycles. The fourth-order valence-corrected chi connectivity index (χ4v) is 2.94. The maximum atomic E-state index is 11.5. The maximum absolute atomic E-state index is 11.5. The van der Waals surface area contributed by atoms with Crippen LogP contribution in [0.2, 0.25) is 0 Å². The molecule has 1 unspecified atom stereocenters. The van der Waals surface area contributed by atoms with Gasteiger partial charge in [-0.3, -0.25) is 0 Å². The van der Waals surface area contributed by atoms with Crippen LogP contribution in [0.1, 0.15) is 26.7 Å². The van der Waals surface area contributed by atoms with Gasteiger partial charge in [-0.15, -0.1) is 0 Å². The fraction of sp³-hybridized carbons (Fsp3) is 0.200. The Kier molecular flexibility index (Phi) is 6.46. The standard InChI is InChI=1S/C16H11O2P.C4H10/c17-19(18)16-11-4-3-9-15(16)14-10-5-7-12-6-1-2-8-13(12)14;1-3-4-2/h1-11H;3-4H2,1-2H3/p+1. The molecular formula is C20H22O2P+. The zero-order valence-electron chi connectivity index (χ0n) is 13.6. The number of unbranched alkanes of at least 4 members (excludes halogenated alkanes) is 1. The highest BCUT2D eigenvalue weighted by molar-refractivity contribution is 7.47. The molecule has 0 aliphatic rings. The van der Waals surface area contributed by atoms with Gasteiger partial charge >= 0.3 is 8.03 Å². The van der Waals surface area contributed by atoms with E-state index in [1.807, 2.05) is 54.6 Å². The predicted octanol–water partition coefficient (Wildman–Crippen LogP) is 5.67. The summed E-state index contributed by atoms with van der Waals surface area (Å²) in [6.45, 7) is 4.36. The minimum absolute atomic E-state index is 0.480. The van der Waals surface area contributed by atoms with Gasteiger partial charge in [0.15, 0.2) is 0 Å². The summed E-state index contributed by atoms with van der Waals surface area (Å²) in [7, 11) is -2.35. The van der Waals surface area contributed by atoms with Crippen LogP contribution in [0, 0.1) is 0 Å². The molecule has 118 valence electrons. The van der Waals surface area contributed by atoms with Crippen LogP contribution >= 0.6 is 8.03 Å². The molecule has 1 N–H and O–H groups in total. The van der Waals surface area contributed by atoms with Gasteiger partial charge in [0.25, 0.3) is 0 Å². The first kappa shape index (κ1) is 17.3. The summed E-state index contributed by atoms with van der Waals surface area (Å²) >= 11 is 0. The largest absolute Gasteiger partial charge is 0.546 e. The van der Waals surface area contributed by atoms with Gasteiger partial charge in [0, 0.05) is 5.56 Å². The van der Waals surface area contributed by atoms with E-state index in [-0.39, 0.29) is 0 Å². The van der Waals surface area contributed by atoms with Crippen LogP contribution in [0.25, 0.3) is 21.9 Å². The van der Waals surface area contributed by atoms with Gasteiger partial charge in [-0.1, -0.05) is 81.3 Å². The first-order valence-corrected chi connectivity index (χ1v) is 9.13. The van der Waals surface area contributed by atoms with E-state index < -0.39 is 8.03 Å². The number of benzene rings is 3. The zero-order chi connectivity index (χ0) is 16.7. The third-order valence-electron chi connectivity index (χ3n) is 3.69.